The van der Waals surface area contributed by atoms with Gasteiger partial charge in [0, 0.05) is 12.2 Å². The fourth-order valence-electron chi connectivity index (χ4n) is 1.58. The van der Waals surface area contributed by atoms with Gasteiger partial charge in [-0.1, -0.05) is 18.7 Å². The molecular weight excluding hydrogens is 268 g/mol. The first kappa shape index (κ1) is 16.8. The molecular formula is C16H22N2O3. The normalized spacial score (nSPS) is 10.6. The van der Waals surface area contributed by atoms with Gasteiger partial charge in [-0.2, -0.15) is 0 Å². The van der Waals surface area contributed by atoms with Crippen LogP contribution in [0.1, 0.15) is 26.3 Å². The lowest BCUT2D eigenvalue weighted by Crippen LogP contribution is -2.27. The highest BCUT2D eigenvalue weighted by atomic mass is 16.6. The molecule has 0 spiro atoms. The first-order valence-corrected chi connectivity index (χ1v) is 6.79. The van der Waals surface area contributed by atoms with Crippen LogP contribution in [0.4, 0.5) is 10.5 Å². The zero-order valence-corrected chi connectivity index (χ0v) is 12.7. The van der Waals surface area contributed by atoms with Gasteiger partial charge in [0.15, 0.2) is 0 Å². The van der Waals surface area contributed by atoms with Gasteiger partial charge < -0.3 is 10.1 Å². The van der Waals surface area contributed by atoms with Crippen molar-refractivity contribution in [2.45, 2.75) is 32.8 Å². The van der Waals surface area contributed by atoms with Crippen molar-refractivity contribution in [3.05, 3.63) is 42.5 Å². The topological polar surface area (TPSA) is 67.4 Å². The minimum Gasteiger partial charge on any atom is -0.444 e. The van der Waals surface area contributed by atoms with E-state index in [1.165, 1.54) is 6.08 Å². The van der Waals surface area contributed by atoms with Crippen LogP contribution >= 0.6 is 0 Å². The lowest BCUT2D eigenvalue weighted by Gasteiger charge is -2.19. The van der Waals surface area contributed by atoms with Crippen LogP contribution in [-0.2, 0) is 16.0 Å². The van der Waals surface area contributed by atoms with Crippen molar-refractivity contribution in [1.82, 2.24) is 5.32 Å². The monoisotopic (exact) mass is 290 g/mol. The van der Waals surface area contributed by atoms with E-state index in [0.717, 1.165) is 5.56 Å². The summed E-state index contributed by atoms with van der Waals surface area (Å²) in [6.45, 7) is 9.37. The number of ether oxygens (including phenoxy) is 1. The number of hydrogen-bond acceptors (Lipinski definition) is 3. The van der Waals surface area contributed by atoms with Gasteiger partial charge in [0.1, 0.15) is 5.60 Å². The van der Waals surface area contributed by atoms with Crippen LogP contribution in [0.15, 0.2) is 36.9 Å². The van der Waals surface area contributed by atoms with Gasteiger partial charge in [0.25, 0.3) is 0 Å². The molecule has 0 saturated carbocycles. The highest BCUT2D eigenvalue weighted by Crippen LogP contribution is 2.13. The Balaban J connectivity index is 2.45. The summed E-state index contributed by atoms with van der Waals surface area (Å²) in [6, 6.07) is 7.39. The molecule has 2 amide bonds. The van der Waals surface area contributed by atoms with Gasteiger partial charge in [0.2, 0.25) is 5.91 Å². The fourth-order valence-corrected chi connectivity index (χ4v) is 1.58. The summed E-state index contributed by atoms with van der Waals surface area (Å²) in [5, 5.41) is 5.37. The average molecular weight is 290 g/mol. The van der Waals surface area contributed by atoms with E-state index in [-0.39, 0.29) is 5.91 Å². The summed E-state index contributed by atoms with van der Waals surface area (Å²) in [4.78, 5) is 22.6. The summed E-state index contributed by atoms with van der Waals surface area (Å²) < 4.78 is 5.17. The Morgan fingerprint density at radius 1 is 1.24 bits per heavy atom. The van der Waals surface area contributed by atoms with Crippen LogP contribution in [0, 0.1) is 0 Å². The molecule has 0 saturated heterocycles. The van der Waals surface area contributed by atoms with Crippen molar-refractivity contribution >= 4 is 17.7 Å². The van der Waals surface area contributed by atoms with Crippen LogP contribution in [-0.4, -0.2) is 24.1 Å². The van der Waals surface area contributed by atoms with Crippen molar-refractivity contribution in [3.63, 3.8) is 0 Å². The Morgan fingerprint density at radius 2 is 1.86 bits per heavy atom. The molecule has 114 valence electrons. The van der Waals surface area contributed by atoms with Crippen molar-refractivity contribution < 1.29 is 14.3 Å². The quantitative estimate of drug-likeness (QED) is 0.819. The molecule has 0 aliphatic carbocycles. The molecule has 0 aromatic heterocycles. The summed E-state index contributed by atoms with van der Waals surface area (Å²) in [7, 11) is 0. The zero-order chi connectivity index (χ0) is 15.9. The van der Waals surface area contributed by atoms with Gasteiger partial charge >= 0.3 is 6.09 Å². The van der Waals surface area contributed by atoms with Gasteiger partial charge in [-0.05, 0) is 51.0 Å². The molecule has 5 nitrogen and oxygen atoms in total. The van der Waals surface area contributed by atoms with Crippen LogP contribution in [0.2, 0.25) is 0 Å². The average Bonchev–Trinajstić information content (AvgIpc) is 2.38. The van der Waals surface area contributed by atoms with Crippen LogP contribution < -0.4 is 10.6 Å². The number of hydrogen-bond donors (Lipinski definition) is 2. The van der Waals surface area contributed by atoms with Crippen molar-refractivity contribution in [2.75, 3.05) is 11.9 Å². The number of amides is 2. The second-order valence-corrected chi connectivity index (χ2v) is 5.57. The van der Waals surface area contributed by atoms with E-state index in [9.17, 15) is 9.59 Å². The number of carbonyl (C=O) groups excluding carboxylic acids is 2. The second kappa shape index (κ2) is 7.47. The Bertz CT molecular complexity index is 501. The Morgan fingerprint density at radius 3 is 2.38 bits per heavy atom. The molecule has 0 bridgehead atoms. The minimum atomic E-state index is -0.520. The van der Waals surface area contributed by atoms with Crippen LogP contribution in [0.25, 0.3) is 0 Å². The predicted molar refractivity (Wildman–Crippen MR) is 83.2 cm³/mol. The second-order valence-electron chi connectivity index (χ2n) is 5.57. The van der Waals surface area contributed by atoms with Crippen molar-refractivity contribution in [3.8, 4) is 0 Å². The SMILES string of the molecule is C=CC(=O)NCCc1ccc(NC(=O)OC(C)(C)C)cc1. The van der Waals surface area contributed by atoms with E-state index < -0.39 is 11.7 Å². The molecule has 1 aromatic rings. The van der Waals surface area contributed by atoms with Crippen molar-refractivity contribution in [1.29, 1.82) is 0 Å². The lowest BCUT2D eigenvalue weighted by atomic mass is 10.1. The Labute approximate surface area is 125 Å². The molecule has 0 aliphatic heterocycles. The molecule has 0 heterocycles. The molecule has 21 heavy (non-hydrogen) atoms. The van der Waals surface area contributed by atoms with E-state index in [4.69, 9.17) is 4.74 Å². The number of benzene rings is 1. The third kappa shape index (κ3) is 7.15. The molecule has 0 radical (unpaired) electrons. The number of nitrogens with one attached hydrogen (secondary N) is 2. The van der Waals surface area contributed by atoms with Crippen LogP contribution in [0.5, 0.6) is 0 Å². The van der Waals surface area contributed by atoms with Gasteiger partial charge in [-0.15, -0.1) is 0 Å². The van der Waals surface area contributed by atoms with Crippen LogP contribution in [0.3, 0.4) is 0 Å². The Kier molecular flexibility index (Phi) is 5.96. The molecule has 0 fully saturated rings. The lowest BCUT2D eigenvalue weighted by molar-refractivity contribution is -0.116. The molecule has 2 N–H and O–H groups in total. The zero-order valence-electron chi connectivity index (χ0n) is 12.7. The third-order valence-corrected chi connectivity index (χ3v) is 2.50. The molecule has 1 rings (SSSR count). The maximum absolute atomic E-state index is 11.6. The third-order valence-electron chi connectivity index (χ3n) is 2.50. The fraction of sp³-hybridized carbons (Fsp3) is 0.375. The number of rotatable bonds is 5. The summed E-state index contributed by atoms with van der Waals surface area (Å²) in [5.74, 6) is -0.182. The van der Waals surface area contributed by atoms with Gasteiger partial charge in [-0.3, -0.25) is 10.1 Å². The van der Waals surface area contributed by atoms with Gasteiger partial charge in [-0.25, -0.2) is 4.79 Å². The van der Waals surface area contributed by atoms with Crippen molar-refractivity contribution in [2.24, 2.45) is 0 Å². The number of carbonyl (C=O) groups is 2. The van der Waals surface area contributed by atoms with E-state index in [1.807, 2.05) is 32.9 Å². The maximum atomic E-state index is 11.6. The number of anilines is 1. The molecule has 0 atom stereocenters. The van der Waals surface area contributed by atoms with E-state index >= 15 is 0 Å². The van der Waals surface area contributed by atoms with Gasteiger partial charge in [0.05, 0.1) is 0 Å². The molecule has 5 heteroatoms. The Hall–Kier alpha value is -2.30. The minimum absolute atomic E-state index is 0.182. The molecule has 0 unspecified atom stereocenters. The largest absolute Gasteiger partial charge is 0.444 e. The smallest absolute Gasteiger partial charge is 0.412 e. The maximum Gasteiger partial charge on any atom is 0.412 e. The summed E-state index contributed by atoms with van der Waals surface area (Å²) >= 11 is 0. The molecule has 1 aromatic carbocycles. The highest BCUT2D eigenvalue weighted by molar-refractivity contribution is 5.86. The van der Waals surface area contributed by atoms with E-state index in [0.29, 0.717) is 18.7 Å². The first-order chi connectivity index (χ1) is 9.80. The first-order valence-electron chi connectivity index (χ1n) is 6.79. The van der Waals surface area contributed by atoms with E-state index in [2.05, 4.69) is 17.2 Å². The van der Waals surface area contributed by atoms with E-state index in [1.54, 1.807) is 12.1 Å². The molecule has 0 aliphatic rings. The summed E-state index contributed by atoms with van der Waals surface area (Å²) in [6.07, 6.45) is 1.48. The highest BCUT2D eigenvalue weighted by Gasteiger charge is 2.15. The summed E-state index contributed by atoms with van der Waals surface area (Å²) in [5.41, 5.74) is 1.21. The predicted octanol–water partition coefficient (Wildman–Crippen LogP) is 2.88. The standard InChI is InChI=1S/C16H22N2O3/c1-5-14(19)17-11-10-12-6-8-13(9-7-12)18-15(20)21-16(2,3)4/h5-9H,1,10-11H2,2-4H3,(H,17,19)(H,18,20).